The van der Waals surface area contributed by atoms with Crippen LogP contribution in [0.15, 0.2) is 29.3 Å². The van der Waals surface area contributed by atoms with Crippen molar-refractivity contribution in [2.24, 2.45) is 10.9 Å². The minimum Gasteiger partial charge on any atom is -0.497 e. The SMILES string of the molecule is CN=C(NCc1cccc(OC)c1)NC1CN(C(C)C)CC1C.I. The molecule has 0 aliphatic carbocycles. The van der Waals surface area contributed by atoms with Gasteiger partial charge in [0.15, 0.2) is 5.96 Å². The summed E-state index contributed by atoms with van der Waals surface area (Å²) in [6.07, 6.45) is 0. The lowest BCUT2D eigenvalue weighted by Crippen LogP contribution is -2.46. The van der Waals surface area contributed by atoms with Crippen LogP contribution in [0, 0.1) is 5.92 Å². The molecule has 1 aromatic carbocycles. The number of nitrogens with zero attached hydrogens (tertiary/aromatic N) is 2. The molecule has 0 radical (unpaired) electrons. The van der Waals surface area contributed by atoms with Crippen molar-refractivity contribution in [3.63, 3.8) is 0 Å². The summed E-state index contributed by atoms with van der Waals surface area (Å²) < 4.78 is 5.26. The summed E-state index contributed by atoms with van der Waals surface area (Å²) in [5, 5.41) is 6.96. The highest BCUT2D eigenvalue weighted by atomic mass is 127. The van der Waals surface area contributed by atoms with Gasteiger partial charge in [-0.3, -0.25) is 9.89 Å². The van der Waals surface area contributed by atoms with Gasteiger partial charge in [-0.15, -0.1) is 24.0 Å². The molecule has 5 nitrogen and oxygen atoms in total. The third-order valence-electron chi connectivity index (χ3n) is 4.51. The van der Waals surface area contributed by atoms with Crippen LogP contribution in [0.1, 0.15) is 26.3 Å². The Labute approximate surface area is 163 Å². The van der Waals surface area contributed by atoms with E-state index in [1.54, 1.807) is 7.11 Å². The Morgan fingerprint density at radius 1 is 1.38 bits per heavy atom. The third kappa shape index (κ3) is 5.81. The van der Waals surface area contributed by atoms with Gasteiger partial charge in [-0.1, -0.05) is 19.1 Å². The standard InChI is InChI=1S/C18H30N4O.HI/c1-13(2)22-11-14(3)17(12-22)21-18(19-4)20-10-15-7-6-8-16(9-15)23-5;/h6-9,13-14,17H,10-12H2,1-5H3,(H2,19,20,21);1H. The number of hydrogen-bond donors (Lipinski definition) is 2. The number of methoxy groups -OCH3 is 1. The molecule has 1 aliphatic rings. The van der Waals surface area contributed by atoms with Gasteiger partial charge in [0.25, 0.3) is 0 Å². The zero-order valence-electron chi connectivity index (χ0n) is 15.4. The average Bonchev–Trinajstić information content (AvgIpc) is 2.92. The van der Waals surface area contributed by atoms with E-state index >= 15 is 0 Å². The number of hydrogen-bond acceptors (Lipinski definition) is 3. The third-order valence-corrected chi connectivity index (χ3v) is 4.51. The molecule has 2 atom stereocenters. The predicted octanol–water partition coefficient (Wildman–Crippen LogP) is 2.71. The Bertz CT molecular complexity index is 536. The first-order valence-corrected chi connectivity index (χ1v) is 8.37. The molecule has 0 amide bonds. The summed E-state index contributed by atoms with van der Waals surface area (Å²) in [7, 11) is 3.51. The van der Waals surface area contributed by atoms with Crippen LogP contribution in [0.4, 0.5) is 0 Å². The van der Waals surface area contributed by atoms with Crippen LogP contribution in [0.2, 0.25) is 0 Å². The first kappa shape index (κ1) is 21.0. The maximum Gasteiger partial charge on any atom is 0.191 e. The second kappa shape index (κ2) is 10.1. The quantitative estimate of drug-likeness (QED) is 0.415. The van der Waals surface area contributed by atoms with Crippen molar-refractivity contribution in [2.75, 3.05) is 27.2 Å². The largest absolute Gasteiger partial charge is 0.497 e. The number of ether oxygens (including phenoxy) is 1. The Balaban J connectivity index is 0.00000288. The molecule has 0 saturated carbocycles. The van der Waals surface area contributed by atoms with Gasteiger partial charge in [-0.25, -0.2) is 0 Å². The van der Waals surface area contributed by atoms with Crippen molar-refractivity contribution in [2.45, 2.75) is 39.4 Å². The number of likely N-dealkylation sites (tertiary alicyclic amines) is 1. The fourth-order valence-corrected chi connectivity index (χ4v) is 2.95. The Kier molecular flexibility index (Phi) is 8.83. The molecule has 24 heavy (non-hydrogen) atoms. The number of nitrogens with one attached hydrogen (secondary N) is 2. The summed E-state index contributed by atoms with van der Waals surface area (Å²) in [4.78, 5) is 6.87. The van der Waals surface area contributed by atoms with E-state index in [1.165, 1.54) is 5.56 Å². The van der Waals surface area contributed by atoms with Gasteiger partial charge in [-0.05, 0) is 37.5 Å². The number of guanidine groups is 1. The van der Waals surface area contributed by atoms with Crippen LogP contribution in [-0.2, 0) is 6.54 Å². The maximum absolute atomic E-state index is 5.26. The lowest BCUT2D eigenvalue weighted by Gasteiger charge is -2.22. The highest BCUT2D eigenvalue weighted by molar-refractivity contribution is 14.0. The van der Waals surface area contributed by atoms with Crippen molar-refractivity contribution >= 4 is 29.9 Å². The number of rotatable bonds is 5. The van der Waals surface area contributed by atoms with Gasteiger partial charge in [0.2, 0.25) is 0 Å². The summed E-state index contributed by atoms with van der Waals surface area (Å²) in [6.45, 7) is 9.75. The fraction of sp³-hybridized carbons (Fsp3) is 0.611. The van der Waals surface area contributed by atoms with Crippen LogP contribution in [-0.4, -0.2) is 50.2 Å². The molecule has 2 rings (SSSR count). The minimum absolute atomic E-state index is 0. The molecule has 2 N–H and O–H groups in total. The Hall–Kier alpha value is -1.02. The lowest BCUT2D eigenvalue weighted by atomic mass is 10.1. The molecule has 0 aromatic heterocycles. The van der Waals surface area contributed by atoms with Crippen LogP contribution in [0.5, 0.6) is 5.75 Å². The van der Waals surface area contributed by atoms with Crippen molar-refractivity contribution in [1.82, 2.24) is 15.5 Å². The topological polar surface area (TPSA) is 48.9 Å². The highest BCUT2D eigenvalue weighted by Gasteiger charge is 2.31. The van der Waals surface area contributed by atoms with Gasteiger partial charge in [-0.2, -0.15) is 0 Å². The van der Waals surface area contributed by atoms with Crippen LogP contribution >= 0.6 is 24.0 Å². The Morgan fingerprint density at radius 3 is 2.71 bits per heavy atom. The average molecular weight is 446 g/mol. The van der Waals surface area contributed by atoms with Crippen molar-refractivity contribution in [3.8, 4) is 5.75 Å². The zero-order chi connectivity index (χ0) is 16.8. The summed E-state index contributed by atoms with van der Waals surface area (Å²) in [5.74, 6) is 2.35. The van der Waals surface area contributed by atoms with E-state index in [2.05, 4.69) is 47.4 Å². The van der Waals surface area contributed by atoms with Gasteiger partial charge in [0, 0.05) is 38.8 Å². The van der Waals surface area contributed by atoms with Crippen molar-refractivity contribution < 1.29 is 4.74 Å². The number of aliphatic imine (C=N–C) groups is 1. The molecule has 1 saturated heterocycles. The van der Waals surface area contributed by atoms with E-state index in [0.29, 0.717) is 18.0 Å². The summed E-state index contributed by atoms with van der Waals surface area (Å²) in [6, 6.07) is 9.12. The second-order valence-electron chi connectivity index (χ2n) is 6.55. The predicted molar refractivity (Wildman–Crippen MR) is 111 cm³/mol. The van der Waals surface area contributed by atoms with Gasteiger partial charge in [0.1, 0.15) is 5.75 Å². The first-order chi connectivity index (χ1) is 11.0. The van der Waals surface area contributed by atoms with E-state index in [4.69, 9.17) is 4.74 Å². The molecule has 1 heterocycles. The number of benzene rings is 1. The van der Waals surface area contributed by atoms with E-state index in [0.717, 1.165) is 31.3 Å². The molecule has 136 valence electrons. The molecular weight excluding hydrogens is 415 g/mol. The highest BCUT2D eigenvalue weighted by Crippen LogP contribution is 2.18. The van der Waals surface area contributed by atoms with Crippen LogP contribution < -0.4 is 15.4 Å². The fourth-order valence-electron chi connectivity index (χ4n) is 2.95. The molecule has 1 aliphatic heterocycles. The van der Waals surface area contributed by atoms with Crippen molar-refractivity contribution in [1.29, 1.82) is 0 Å². The normalized spacial score (nSPS) is 21.5. The molecule has 0 bridgehead atoms. The van der Waals surface area contributed by atoms with E-state index in [9.17, 15) is 0 Å². The zero-order valence-corrected chi connectivity index (χ0v) is 17.7. The second-order valence-corrected chi connectivity index (χ2v) is 6.55. The first-order valence-electron chi connectivity index (χ1n) is 8.37. The van der Waals surface area contributed by atoms with E-state index < -0.39 is 0 Å². The van der Waals surface area contributed by atoms with Crippen LogP contribution in [0.3, 0.4) is 0 Å². The maximum atomic E-state index is 5.26. The van der Waals surface area contributed by atoms with E-state index in [-0.39, 0.29) is 24.0 Å². The molecular formula is C18H31IN4O. The summed E-state index contributed by atoms with van der Waals surface area (Å²) in [5.41, 5.74) is 1.18. The van der Waals surface area contributed by atoms with Crippen molar-refractivity contribution in [3.05, 3.63) is 29.8 Å². The van der Waals surface area contributed by atoms with Gasteiger partial charge < -0.3 is 15.4 Å². The van der Waals surface area contributed by atoms with Gasteiger partial charge >= 0.3 is 0 Å². The minimum atomic E-state index is 0. The monoisotopic (exact) mass is 446 g/mol. The van der Waals surface area contributed by atoms with Crippen LogP contribution in [0.25, 0.3) is 0 Å². The summed E-state index contributed by atoms with van der Waals surface area (Å²) >= 11 is 0. The van der Waals surface area contributed by atoms with Gasteiger partial charge in [0.05, 0.1) is 7.11 Å². The molecule has 6 heteroatoms. The smallest absolute Gasteiger partial charge is 0.191 e. The Morgan fingerprint density at radius 2 is 2.12 bits per heavy atom. The molecule has 2 unspecified atom stereocenters. The van der Waals surface area contributed by atoms with E-state index in [1.807, 2.05) is 25.2 Å². The molecule has 1 aromatic rings. The lowest BCUT2D eigenvalue weighted by molar-refractivity contribution is 0.265. The molecule has 0 spiro atoms. The number of halogens is 1. The molecule has 1 fully saturated rings.